The van der Waals surface area contributed by atoms with Crippen molar-refractivity contribution >= 4 is 5.91 Å². The first-order valence-electron chi connectivity index (χ1n) is 13.1. The highest BCUT2D eigenvalue weighted by atomic mass is 19.1. The molecule has 1 atom stereocenters. The van der Waals surface area contributed by atoms with E-state index in [0.29, 0.717) is 41.7 Å². The van der Waals surface area contributed by atoms with Crippen molar-refractivity contribution in [2.45, 2.75) is 43.7 Å². The molecule has 2 aromatic carbocycles. The predicted octanol–water partition coefficient (Wildman–Crippen LogP) is 3.42. The zero-order chi connectivity index (χ0) is 26.2. The van der Waals surface area contributed by atoms with Crippen molar-refractivity contribution in [3.63, 3.8) is 0 Å². The maximum atomic E-state index is 15.2. The molecule has 1 amide bonds. The Bertz CT molecular complexity index is 1480. The lowest BCUT2D eigenvalue weighted by atomic mass is 9.81. The number of pyridine rings is 1. The number of fused-ring (bicyclic) bond motifs is 6. The van der Waals surface area contributed by atoms with Gasteiger partial charge < -0.3 is 14.7 Å². The summed E-state index contributed by atoms with van der Waals surface area (Å²) >= 11 is 0. The first-order valence-corrected chi connectivity index (χ1v) is 13.1. The molecule has 0 saturated carbocycles. The van der Waals surface area contributed by atoms with E-state index in [1.54, 1.807) is 17.0 Å². The van der Waals surface area contributed by atoms with Crippen LogP contribution in [0.2, 0.25) is 0 Å². The lowest BCUT2D eigenvalue weighted by molar-refractivity contribution is -0.00833. The quantitative estimate of drug-likeness (QED) is 0.574. The number of hydrogen-bond acceptors (Lipinski definition) is 5. The van der Waals surface area contributed by atoms with Gasteiger partial charge in [-0.15, -0.1) is 0 Å². The van der Waals surface area contributed by atoms with Gasteiger partial charge in [0.05, 0.1) is 6.10 Å². The molecule has 4 aliphatic rings. The van der Waals surface area contributed by atoms with Crippen molar-refractivity contribution in [1.82, 2.24) is 9.58 Å². The van der Waals surface area contributed by atoms with Gasteiger partial charge in [-0.25, -0.2) is 8.78 Å². The van der Waals surface area contributed by atoms with Crippen molar-refractivity contribution in [2.75, 3.05) is 24.8 Å². The van der Waals surface area contributed by atoms with Crippen LogP contribution in [-0.2, 0) is 23.1 Å². The Balaban J connectivity index is 1.47. The van der Waals surface area contributed by atoms with Crippen molar-refractivity contribution in [3.8, 4) is 5.75 Å². The van der Waals surface area contributed by atoms with E-state index in [4.69, 9.17) is 4.74 Å². The van der Waals surface area contributed by atoms with Crippen LogP contribution >= 0.6 is 0 Å². The summed E-state index contributed by atoms with van der Waals surface area (Å²) in [6, 6.07) is 11.1. The monoisotopic (exact) mass is 519 g/mol. The Morgan fingerprint density at radius 1 is 0.974 bits per heavy atom. The largest absolute Gasteiger partial charge is 0.502 e. The number of halogens is 2. The molecular weight excluding hydrogens is 492 g/mol. The van der Waals surface area contributed by atoms with Crippen LogP contribution in [0.25, 0.3) is 0 Å². The van der Waals surface area contributed by atoms with Crippen LogP contribution in [0.1, 0.15) is 52.0 Å². The Morgan fingerprint density at radius 2 is 1.66 bits per heavy atom. The molecule has 3 heterocycles. The van der Waals surface area contributed by atoms with E-state index in [1.165, 1.54) is 29.1 Å². The molecule has 2 aliphatic heterocycles. The van der Waals surface area contributed by atoms with Crippen molar-refractivity contribution < 1.29 is 23.4 Å². The molecule has 0 bridgehead atoms. The molecule has 1 saturated heterocycles. The second-order valence-electron chi connectivity index (χ2n) is 10.7. The second kappa shape index (κ2) is 8.39. The molecule has 1 unspecified atom stereocenters. The highest BCUT2D eigenvalue weighted by molar-refractivity contribution is 5.96. The summed E-state index contributed by atoms with van der Waals surface area (Å²) in [6.45, 7) is 0.990. The zero-order valence-corrected chi connectivity index (χ0v) is 20.7. The molecule has 3 aromatic rings. The maximum absolute atomic E-state index is 15.2. The van der Waals surface area contributed by atoms with Gasteiger partial charge in [-0.05, 0) is 66.5 Å². The van der Waals surface area contributed by atoms with Crippen LogP contribution in [0.15, 0.2) is 53.5 Å². The number of rotatable bonds is 3. The van der Waals surface area contributed by atoms with Crippen LogP contribution in [0.5, 0.6) is 5.75 Å². The molecule has 2 aliphatic carbocycles. The van der Waals surface area contributed by atoms with E-state index in [0.717, 1.165) is 19.3 Å². The van der Waals surface area contributed by atoms with Crippen molar-refractivity contribution in [3.05, 3.63) is 98.5 Å². The molecule has 9 heteroatoms. The van der Waals surface area contributed by atoms with E-state index in [-0.39, 0.29) is 42.6 Å². The highest BCUT2D eigenvalue weighted by Gasteiger charge is 2.60. The van der Waals surface area contributed by atoms with E-state index in [1.807, 2.05) is 17.1 Å². The molecule has 1 fully saturated rings. The van der Waals surface area contributed by atoms with Gasteiger partial charge in [-0.2, -0.15) is 0 Å². The number of aromatic nitrogens is 1. The molecule has 0 radical (unpaired) electrons. The molecule has 1 aromatic heterocycles. The first-order chi connectivity index (χ1) is 18.4. The average molecular weight is 520 g/mol. The minimum absolute atomic E-state index is 0.0937. The first kappa shape index (κ1) is 23.4. The Kier molecular flexibility index (Phi) is 5.17. The van der Waals surface area contributed by atoms with E-state index >= 15 is 8.78 Å². The number of hydrogen-bond donors (Lipinski definition) is 1. The number of benzene rings is 2. The SMILES string of the molecule is O=C1c2c(O)c(=O)ccn2N(C23c4cccc(F)c4CC2Cc2c(F)cccc23)CN1CC1CCCCO1. The molecule has 196 valence electrons. The molecule has 38 heavy (non-hydrogen) atoms. The van der Waals surface area contributed by atoms with E-state index in [9.17, 15) is 14.7 Å². The van der Waals surface area contributed by atoms with Gasteiger partial charge in [0.2, 0.25) is 5.43 Å². The summed E-state index contributed by atoms with van der Waals surface area (Å²) in [5.74, 6) is -1.99. The second-order valence-corrected chi connectivity index (χ2v) is 10.7. The number of carbonyl (C=O) groups is 1. The Labute approximate surface area is 217 Å². The normalized spacial score (nSPS) is 25.7. The van der Waals surface area contributed by atoms with Crippen molar-refractivity contribution in [1.29, 1.82) is 0 Å². The molecular formula is C29H27F2N3O4. The van der Waals surface area contributed by atoms with Crippen molar-refractivity contribution in [2.24, 2.45) is 5.92 Å². The number of amides is 1. The van der Waals surface area contributed by atoms with Crippen LogP contribution in [0.4, 0.5) is 8.78 Å². The van der Waals surface area contributed by atoms with E-state index < -0.39 is 22.6 Å². The molecule has 0 spiro atoms. The van der Waals surface area contributed by atoms with Gasteiger partial charge in [0, 0.05) is 31.3 Å². The smallest absolute Gasteiger partial charge is 0.277 e. The highest BCUT2D eigenvalue weighted by Crippen LogP contribution is 2.57. The van der Waals surface area contributed by atoms with E-state index in [2.05, 4.69) is 0 Å². The van der Waals surface area contributed by atoms with Crippen LogP contribution in [-0.4, -0.2) is 46.5 Å². The third-order valence-corrected chi connectivity index (χ3v) is 8.76. The molecule has 7 rings (SSSR count). The third kappa shape index (κ3) is 3.08. The van der Waals surface area contributed by atoms with Gasteiger partial charge in [-0.3, -0.25) is 19.3 Å². The van der Waals surface area contributed by atoms with Gasteiger partial charge in [0.1, 0.15) is 23.8 Å². The minimum Gasteiger partial charge on any atom is -0.502 e. The number of aromatic hydroxyl groups is 1. The third-order valence-electron chi connectivity index (χ3n) is 8.76. The van der Waals surface area contributed by atoms with Gasteiger partial charge in [0.25, 0.3) is 5.91 Å². The van der Waals surface area contributed by atoms with Gasteiger partial charge in [0.15, 0.2) is 11.4 Å². The lowest BCUT2D eigenvalue weighted by Crippen LogP contribution is -2.64. The van der Waals surface area contributed by atoms with Gasteiger partial charge in [-0.1, -0.05) is 24.3 Å². The summed E-state index contributed by atoms with van der Waals surface area (Å²) in [5.41, 5.74) is 0.722. The van der Waals surface area contributed by atoms with Crippen LogP contribution < -0.4 is 10.4 Å². The summed E-state index contributed by atoms with van der Waals surface area (Å²) in [6.07, 6.45) is 4.85. The van der Waals surface area contributed by atoms with Crippen LogP contribution in [0.3, 0.4) is 0 Å². The summed E-state index contributed by atoms with van der Waals surface area (Å²) in [4.78, 5) is 27.8. The molecule has 7 nitrogen and oxygen atoms in total. The topological polar surface area (TPSA) is 75.0 Å². The average Bonchev–Trinajstić information content (AvgIpc) is 3.42. The minimum atomic E-state index is -1.02. The lowest BCUT2D eigenvalue weighted by Gasteiger charge is -2.51. The summed E-state index contributed by atoms with van der Waals surface area (Å²) in [5, 5.41) is 12.8. The summed E-state index contributed by atoms with van der Waals surface area (Å²) in [7, 11) is 0. The fourth-order valence-corrected chi connectivity index (χ4v) is 7.16. The number of nitrogens with zero attached hydrogens (tertiary/aromatic N) is 3. The van der Waals surface area contributed by atoms with Gasteiger partial charge >= 0.3 is 0 Å². The van der Waals surface area contributed by atoms with Crippen LogP contribution in [0, 0.1) is 17.6 Å². The fraction of sp³-hybridized carbons (Fsp3) is 0.379. The fourth-order valence-electron chi connectivity index (χ4n) is 7.16. The molecule has 1 N–H and O–H groups in total. The maximum Gasteiger partial charge on any atom is 0.277 e. The number of ether oxygens (including phenoxy) is 1. The Hall–Kier alpha value is -3.72. The predicted molar refractivity (Wildman–Crippen MR) is 135 cm³/mol. The Morgan fingerprint density at radius 3 is 2.29 bits per heavy atom. The zero-order valence-electron chi connectivity index (χ0n) is 20.7. The number of carbonyl (C=O) groups excluding carboxylic acids is 1. The standard InChI is InChI=1S/C29H27F2N3O4/c30-23-8-3-6-21-19(23)13-17-14-20-22(7-4-9-24(20)31)29(17,21)34-16-32(15-18-5-1-2-12-38-18)28(37)26-27(36)25(35)10-11-33(26)34/h3-4,6-11,17-18,36H,1-2,5,12-16H2. The summed E-state index contributed by atoms with van der Waals surface area (Å²) < 4.78 is 37.8.